The number of imide groups is 1. The molecule has 2 amide bonds. The minimum Gasteiger partial charge on any atom is -0.478 e. The average Bonchev–Trinajstić information content (AvgIpc) is 2.67. The van der Waals surface area contributed by atoms with E-state index in [1.807, 2.05) is 0 Å². The van der Waals surface area contributed by atoms with Gasteiger partial charge >= 0.3 is 5.97 Å². The van der Waals surface area contributed by atoms with Crippen LogP contribution in [-0.2, 0) is 14.4 Å². The Labute approximate surface area is 110 Å². The van der Waals surface area contributed by atoms with Gasteiger partial charge in [-0.1, -0.05) is 6.07 Å². The van der Waals surface area contributed by atoms with E-state index >= 15 is 0 Å². The van der Waals surface area contributed by atoms with Gasteiger partial charge in [-0.25, -0.2) is 4.79 Å². The molecule has 1 saturated heterocycles. The van der Waals surface area contributed by atoms with Gasteiger partial charge in [0.1, 0.15) is 0 Å². The molecule has 5 heteroatoms. The molecule has 2 rings (SSSR count). The molecule has 0 bridgehead atoms. The van der Waals surface area contributed by atoms with Crippen molar-refractivity contribution in [1.82, 2.24) is 0 Å². The Hall–Kier alpha value is -2.43. The summed E-state index contributed by atoms with van der Waals surface area (Å²) in [6.07, 6.45) is 3.01. The molecule has 19 heavy (non-hydrogen) atoms. The highest BCUT2D eigenvalue weighted by Gasteiger charge is 2.30. The van der Waals surface area contributed by atoms with Gasteiger partial charge in [-0.05, 0) is 36.3 Å². The number of rotatable bonds is 3. The van der Waals surface area contributed by atoms with Crippen molar-refractivity contribution in [3.8, 4) is 0 Å². The first kappa shape index (κ1) is 13.0. The fourth-order valence-corrected chi connectivity index (χ4v) is 2.05. The van der Waals surface area contributed by atoms with Gasteiger partial charge in [0.25, 0.3) is 0 Å². The zero-order valence-electron chi connectivity index (χ0n) is 10.4. The number of anilines is 1. The monoisotopic (exact) mass is 259 g/mol. The van der Waals surface area contributed by atoms with E-state index in [0.29, 0.717) is 11.3 Å². The van der Waals surface area contributed by atoms with Crippen LogP contribution in [0.3, 0.4) is 0 Å². The van der Waals surface area contributed by atoms with Crippen LogP contribution in [0, 0.1) is 6.92 Å². The average molecular weight is 259 g/mol. The van der Waals surface area contributed by atoms with Gasteiger partial charge < -0.3 is 5.11 Å². The molecule has 1 heterocycles. The summed E-state index contributed by atoms with van der Waals surface area (Å²) in [7, 11) is 0. The van der Waals surface area contributed by atoms with Crippen molar-refractivity contribution in [3.63, 3.8) is 0 Å². The first-order valence-corrected chi connectivity index (χ1v) is 5.86. The molecule has 0 spiro atoms. The number of hydrogen-bond donors (Lipinski definition) is 1. The van der Waals surface area contributed by atoms with Gasteiger partial charge in [0.05, 0.1) is 5.69 Å². The minimum absolute atomic E-state index is 0.193. The minimum atomic E-state index is -1.02. The Balaban J connectivity index is 2.32. The molecule has 1 fully saturated rings. The van der Waals surface area contributed by atoms with Crippen molar-refractivity contribution >= 4 is 29.5 Å². The van der Waals surface area contributed by atoms with E-state index in [4.69, 9.17) is 5.11 Å². The third kappa shape index (κ3) is 2.70. The molecule has 5 nitrogen and oxygen atoms in total. The normalized spacial score (nSPS) is 15.5. The number of nitrogens with zero attached hydrogens (tertiary/aromatic N) is 1. The fraction of sp³-hybridized carbons (Fsp3) is 0.214. The Bertz CT molecular complexity index is 573. The summed E-state index contributed by atoms with van der Waals surface area (Å²) in [4.78, 5) is 34.9. The van der Waals surface area contributed by atoms with Crippen molar-refractivity contribution < 1.29 is 19.5 Å². The van der Waals surface area contributed by atoms with E-state index in [2.05, 4.69) is 0 Å². The summed E-state index contributed by atoms with van der Waals surface area (Å²) in [5.41, 5.74) is 2.04. The molecule has 1 aromatic rings. The quantitative estimate of drug-likeness (QED) is 0.662. The molecular formula is C14H13NO4. The van der Waals surface area contributed by atoms with Crippen LogP contribution in [0.5, 0.6) is 0 Å². The van der Waals surface area contributed by atoms with Crippen molar-refractivity contribution in [2.24, 2.45) is 0 Å². The van der Waals surface area contributed by atoms with E-state index in [-0.39, 0.29) is 24.7 Å². The van der Waals surface area contributed by atoms with E-state index in [0.717, 1.165) is 11.6 Å². The standard InChI is InChI=1S/C14H13NO4/c1-9-8-10(3-7-14(18)19)2-4-11(9)15-12(16)5-6-13(15)17/h2-4,7-8H,5-6H2,1H3,(H,18,19)/b7-3+. The third-order valence-electron chi connectivity index (χ3n) is 2.93. The van der Waals surface area contributed by atoms with Crippen LogP contribution in [0.4, 0.5) is 5.69 Å². The van der Waals surface area contributed by atoms with E-state index < -0.39 is 5.97 Å². The molecule has 0 saturated carbocycles. The van der Waals surface area contributed by atoms with Gasteiger partial charge in [0.15, 0.2) is 0 Å². The SMILES string of the molecule is Cc1cc(/C=C/C(=O)O)ccc1N1C(=O)CCC1=O. The van der Waals surface area contributed by atoms with E-state index in [9.17, 15) is 14.4 Å². The highest BCUT2D eigenvalue weighted by Crippen LogP contribution is 2.27. The second-order valence-electron chi connectivity index (χ2n) is 4.34. The largest absolute Gasteiger partial charge is 0.478 e. The molecule has 1 aliphatic rings. The van der Waals surface area contributed by atoms with Crippen LogP contribution in [0.1, 0.15) is 24.0 Å². The number of amides is 2. The maximum Gasteiger partial charge on any atom is 0.328 e. The summed E-state index contributed by atoms with van der Waals surface area (Å²) in [5, 5.41) is 8.56. The maximum absolute atomic E-state index is 11.7. The number of aliphatic carboxylic acids is 1. The van der Waals surface area contributed by atoms with Crippen LogP contribution in [0.25, 0.3) is 6.08 Å². The topological polar surface area (TPSA) is 74.7 Å². The number of hydrogen-bond acceptors (Lipinski definition) is 3. The first-order valence-electron chi connectivity index (χ1n) is 5.86. The molecule has 0 atom stereocenters. The van der Waals surface area contributed by atoms with Gasteiger partial charge in [-0.3, -0.25) is 14.5 Å². The van der Waals surface area contributed by atoms with Crippen LogP contribution >= 0.6 is 0 Å². The highest BCUT2D eigenvalue weighted by atomic mass is 16.4. The lowest BCUT2D eigenvalue weighted by Gasteiger charge is -2.16. The first-order chi connectivity index (χ1) is 8.99. The Morgan fingerprint density at radius 2 is 1.89 bits per heavy atom. The number of carboxylic acid groups (broad SMARTS) is 1. The number of carboxylic acids is 1. The molecule has 1 aliphatic heterocycles. The summed E-state index contributed by atoms with van der Waals surface area (Å²) < 4.78 is 0. The Morgan fingerprint density at radius 1 is 1.26 bits per heavy atom. The number of aryl methyl sites for hydroxylation is 1. The lowest BCUT2D eigenvalue weighted by atomic mass is 10.1. The third-order valence-corrected chi connectivity index (χ3v) is 2.93. The summed E-state index contributed by atoms with van der Waals surface area (Å²) in [6.45, 7) is 1.78. The van der Waals surface area contributed by atoms with Crippen LogP contribution in [0.15, 0.2) is 24.3 Å². The van der Waals surface area contributed by atoms with Crippen molar-refractivity contribution in [2.75, 3.05) is 4.90 Å². The second-order valence-corrected chi connectivity index (χ2v) is 4.34. The van der Waals surface area contributed by atoms with E-state index in [1.54, 1.807) is 25.1 Å². The van der Waals surface area contributed by atoms with Crippen LogP contribution in [-0.4, -0.2) is 22.9 Å². The van der Waals surface area contributed by atoms with Crippen molar-refractivity contribution in [2.45, 2.75) is 19.8 Å². The van der Waals surface area contributed by atoms with E-state index in [1.165, 1.54) is 11.0 Å². The van der Waals surface area contributed by atoms with Gasteiger partial charge in [-0.15, -0.1) is 0 Å². The van der Waals surface area contributed by atoms with Crippen LogP contribution in [0.2, 0.25) is 0 Å². The van der Waals surface area contributed by atoms with Gasteiger partial charge in [0.2, 0.25) is 11.8 Å². The molecule has 0 aromatic heterocycles. The molecule has 1 aromatic carbocycles. The summed E-state index contributed by atoms with van der Waals surface area (Å²) in [5.74, 6) is -1.41. The molecule has 0 radical (unpaired) electrons. The smallest absolute Gasteiger partial charge is 0.328 e. The number of carbonyl (C=O) groups is 3. The Morgan fingerprint density at radius 3 is 2.42 bits per heavy atom. The molecule has 1 N–H and O–H groups in total. The fourth-order valence-electron chi connectivity index (χ4n) is 2.05. The molecule has 0 aliphatic carbocycles. The van der Waals surface area contributed by atoms with Crippen molar-refractivity contribution in [3.05, 3.63) is 35.4 Å². The van der Waals surface area contributed by atoms with Gasteiger partial charge in [-0.2, -0.15) is 0 Å². The maximum atomic E-state index is 11.7. The van der Waals surface area contributed by atoms with Crippen molar-refractivity contribution in [1.29, 1.82) is 0 Å². The predicted molar refractivity (Wildman–Crippen MR) is 69.6 cm³/mol. The summed E-state index contributed by atoms with van der Waals surface area (Å²) in [6, 6.07) is 5.09. The predicted octanol–water partition coefficient (Wildman–Crippen LogP) is 1.75. The molecular weight excluding hydrogens is 246 g/mol. The van der Waals surface area contributed by atoms with Gasteiger partial charge in [0, 0.05) is 18.9 Å². The second kappa shape index (κ2) is 5.06. The molecule has 0 unspecified atom stereocenters. The lowest BCUT2D eigenvalue weighted by Crippen LogP contribution is -2.29. The van der Waals surface area contributed by atoms with Crippen LogP contribution < -0.4 is 4.90 Å². The number of benzene rings is 1. The molecule has 98 valence electrons. The Kier molecular flexibility index (Phi) is 3.46. The highest BCUT2D eigenvalue weighted by molar-refractivity contribution is 6.20. The number of carbonyl (C=O) groups excluding carboxylic acids is 2. The summed E-state index contributed by atoms with van der Waals surface area (Å²) >= 11 is 0. The zero-order valence-corrected chi connectivity index (χ0v) is 10.4. The lowest BCUT2D eigenvalue weighted by molar-refractivity contribution is -0.131. The zero-order chi connectivity index (χ0) is 14.0.